The second-order valence-electron chi connectivity index (χ2n) is 10.8. The van der Waals surface area contributed by atoms with Gasteiger partial charge in [-0.1, -0.05) is 13.3 Å². The Hall–Kier alpha value is -4.27. The highest BCUT2D eigenvalue weighted by molar-refractivity contribution is 5.97. The number of amides is 1. The van der Waals surface area contributed by atoms with E-state index in [0.717, 1.165) is 44.5 Å². The van der Waals surface area contributed by atoms with Gasteiger partial charge in [-0.2, -0.15) is 0 Å². The fourth-order valence-corrected chi connectivity index (χ4v) is 5.78. The van der Waals surface area contributed by atoms with E-state index in [9.17, 15) is 9.59 Å². The van der Waals surface area contributed by atoms with Crippen LogP contribution in [0.1, 0.15) is 51.9 Å². The fourth-order valence-electron chi connectivity index (χ4n) is 5.78. The molecule has 1 amide bonds. The minimum atomic E-state index is -0.511. The standard InChI is InChI=1S/C31H33FN6O2/c1-2-31(12-6-13-31)30(40)35-20-7-9-22(23(32)17-20)25-18-26(28-24(36-25)11-14-33-29(28)39)37-27-10-8-21(19-34-27)38-15-4-3-5-16-38/h7-11,14,17-19H,2-6,12-13,15-16H2,1H3,(H,33,39)(H,35,40)(H,34,36,37). The van der Waals surface area contributed by atoms with E-state index in [-0.39, 0.29) is 22.4 Å². The first kappa shape index (κ1) is 26.0. The summed E-state index contributed by atoms with van der Waals surface area (Å²) >= 11 is 0. The van der Waals surface area contributed by atoms with E-state index in [2.05, 4.69) is 30.5 Å². The lowest BCUT2D eigenvalue weighted by atomic mass is 9.66. The van der Waals surface area contributed by atoms with Crippen LogP contribution in [-0.2, 0) is 4.79 Å². The number of rotatable bonds is 7. The van der Waals surface area contributed by atoms with Crippen LogP contribution < -0.4 is 21.1 Å². The van der Waals surface area contributed by atoms with Gasteiger partial charge in [0.2, 0.25) is 5.91 Å². The normalized spacial score (nSPS) is 16.4. The molecule has 3 aromatic heterocycles. The maximum Gasteiger partial charge on any atom is 0.259 e. The van der Waals surface area contributed by atoms with Gasteiger partial charge in [-0.15, -0.1) is 0 Å². The van der Waals surface area contributed by atoms with Gasteiger partial charge in [0.05, 0.1) is 34.2 Å². The van der Waals surface area contributed by atoms with Crippen LogP contribution in [0.15, 0.2) is 59.7 Å². The van der Waals surface area contributed by atoms with E-state index in [0.29, 0.717) is 33.8 Å². The van der Waals surface area contributed by atoms with E-state index in [1.54, 1.807) is 24.3 Å². The minimum absolute atomic E-state index is 0.0539. The van der Waals surface area contributed by atoms with Gasteiger partial charge in [0.25, 0.3) is 5.56 Å². The molecule has 0 bridgehead atoms. The van der Waals surface area contributed by atoms with Crippen molar-refractivity contribution >= 4 is 39.7 Å². The Bertz CT molecular complexity index is 1600. The number of carbonyl (C=O) groups excluding carboxylic acids is 1. The Morgan fingerprint density at radius 2 is 1.90 bits per heavy atom. The van der Waals surface area contributed by atoms with E-state index in [1.807, 2.05) is 25.3 Å². The third kappa shape index (κ3) is 4.92. The first-order chi connectivity index (χ1) is 19.5. The Balaban J connectivity index is 1.30. The van der Waals surface area contributed by atoms with E-state index < -0.39 is 5.82 Å². The Kier molecular flexibility index (Phi) is 6.96. The average molecular weight is 541 g/mol. The summed E-state index contributed by atoms with van der Waals surface area (Å²) in [6, 6.07) is 11.9. The maximum atomic E-state index is 15.4. The zero-order valence-corrected chi connectivity index (χ0v) is 22.6. The minimum Gasteiger partial charge on any atom is -0.370 e. The molecule has 1 aliphatic carbocycles. The molecule has 1 saturated heterocycles. The molecule has 3 N–H and O–H groups in total. The van der Waals surface area contributed by atoms with E-state index >= 15 is 4.39 Å². The monoisotopic (exact) mass is 540 g/mol. The number of benzene rings is 1. The number of hydrogen-bond donors (Lipinski definition) is 3. The second kappa shape index (κ2) is 10.7. The van der Waals surface area contributed by atoms with Crippen molar-refractivity contribution in [3.63, 3.8) is 0 Å². The summed E-state index contributed by atoms with van der Waals surface area (Å²) in [5.41, 5.74) is 2.38. The third-order valence-corrected chi connectivity index (χ3v) is 8.43. The molecule has 9 heteroatoms. The Morgan fingerprint density at radius 3 is 2.58 bits per heavy atom. The molecule has 40 heavy (non-hydrogen) atoms. The highest BCUT2D eigenvalue weighted by atomic mass is 19.1. The molecule has 6 rings (SSSR count). The quantitative estimate of drug-likeness (QED) is 0.251. The summed E-state index contributed by atoms with van der Waals surface area (Å²) in [6.45, 7) is 4.06. The number of aromatic amines is 1. The highest BCUT2D eigenvalue weighted by Gasteiger charge is 2.42. The molecule has 4 aromatic rings. The molecule has 2 aliphatic rings. The number of halogens is 1. The summed E-state index contributed by atoms with van der Waals surface area (Å²) in [4.78, 5) is 39.8. The predicted molar refractivity (Wildman–Crippen MR) is 157 cm³/mol. The average Bonchev–Trinajstić information content (AvgIpc) is 2.94. The second-order valence-corrected chi connectivity index (χ2v) is 10.8. The van der Waals surface area contributed by atoms with Gasteiger partial charge >= 0.3 is 0 Å². The number of H-pyrrole nitrogens is 1. The van der Waals surface area contributed by atoms with Crippen molar-refractivity contribution in [3.8, 4) is 11.3 Å². The first-order valence-electron chi connectivity index (χ1n) is 14.1. The predicted octanol–water partition coefficient (Wildman–Crippen LogP) is 6.38. The fraction of sp³-hybridized carbons (Fsp3) is 0.355. The smallest absolute Gasteiger partial charge is 0.259 e. The number of carbonyl (C=O) groups is 1. The van der Waals surface area contributed by atoms with Crippen molar-refractivity contribution in [2.24, 2.45) is 5.41 Å². The topological polar surface area (TPSA) is 103 Å². The number of pyridine rings is 3. The number of fused-ring (bicyclic) bond motifs is 1. The van der Waals surface area contributed by atoms with Crippen molar-refractivity contribution in [2.75, 3.05) is 28.6 Å². The molecule has 4 heterocycles. The third-order valence-electron chi connectivity index (χ3n) is 8.43. The molecule has 1 aromatic carbocycles. The largest absolute Gasteiger partial charge is 0.370 e. The van der Waals surface area contributed by atoms with Crippen LogP contribution in [-0.4, -0.2) is 33.9 Å². The molecule has 1 saturated carbocycles. The molecule has 0 spiro atoms. The number of nitrogens with one attached hydrogen (secondary N) is 3. The number of anilines is 4. The lowest BCUT2D eigenvalue weighted by Crippen LogP contribution is -2.41. The molecular weight excluding hydrogens is 507 g/mol. The SMILES string of the molecule is CCC1(C(=O)Nc2ccc(-c3cc(Nc4ccc(N5CCCCC5)cn4)c4c(=O)[nH]ccc4n3)c(F)c2)CCC1. The summed E-state index contributed by atoms with van der Waals surface area (Å²) in [6.07, 6.45) is 10.5. The van der Waals surface area contributed by atoms with Crippen LogP contribution in [0.3, 0.4) is 0 Å². The van der Waals surface area contributed by atoms with Crippen molar-refractivity contribution in [1.82, 2.24) is 15.0 Å². The molecule has 0 radical (unpaired) electrons. The number of nitrogens with zero attached hydrogens (tertiary/aromatic N) is 3. The molecule has 8 nitrogen and oxygen atoms in total. The van der Waals surface area contributed by atoms with Gasteiger partial charge < -0.3 is 20.5 Å². The number of aromatic nitrogens is 3. The molecule has 0 unspecified atom stereocenters. The van der Waals surface area contributed by atoms with Crippen molar-refractivity contribution in [1.29, 1.82) is 0 Å². The Morgan fingerprint density at radius 1 is 1.07 bits per heavy atom. The van der Waals surface area contributed by atoms with Gasteiger partial charge in [-0.25, -0.2) is 14.4 Å². The summed E-state index contributed by atoms with van der Waals surface area (Å²) in [5.74, 6) is 0.00666. The summed E-state index contributed by atoms with van der Waals surface area (Å²) in [7, 11) is 0. The Labute approximate surface area is 232 Å². The maximum absolute atomic E-state index is 15.4. The van der Waals surface area contributed by atoms with E-state index in [1.165, 1.54) is 31.5 Å². The van der Waals surface area contributed by atoms with Gasteiger partial charge in [0, 0.05) is 36.0 Å². The molecule has 2 fully saturated rings. The van der Waals surface area contributed by atoms with Gasteiger partial charge in [0.15, 0.2) is 0 Å². The van der Waals surface area contributed by atoms with Gasteiger partial charge in [0.1, 0.15) is 11.6 Å². The number of hydrogen-bond acceptors (Lipinski definition) is 6. The molecular formula is C31H33FN6O2. The van der Waals surface area contributed by atoms with Crippen molar-refractivity contribution in [2.45, 2.75) is 51.9 Å². The number of piperidine rings is 1. The highest BCUT2D eigenvalue weighted by Crippen LogP contribution is 2.44. The summed E-state index contributed by atoms with van der Waals surface area (Å²) in [5, 5.41) is 6.51. The molecule has 1 aliphatic heterocycles. The summed E-state index contributed by atoms with van der Waals surface area (Å²) < 4.78 is 15.4. The molecule has 0 atom stereocenters. The first-order valence-corrected chi connectivity index (χ1v) is 14.1. The zero-order valence-electron chi connectivity index (χ0n) is 22.6. The van der Waals surface area contributed by atoms with E-state index in [4.69, 9.17) is 0 Å². The van der Waals surface area contributed by atoms with Crippen LogP contribution in [0, 0.1) is 11.2 Å². The van der Waals surface area contributed by atoms with Crippen molar-refractivity contribution < 1.29 is 9.18 Å². The van der Waals surface area contributed by atoms with Gasteiger partial charge in [-0.05, 0) is 81.0 Å². The van der Waals surface area contributed by atoms with Crippen LogP contribution in [0.4, 0.5) is 27.3 Å². The van der Waals surface area contributed by atoms with Gasteiger partial charge in [-0.3, -0.25) is 9.59 Å². The van der Waals surface area contributed by atoms with Crippen LogP contribution >= 0.6 is 0 Å². The van der Waals surface area contributed by atoms with Crippen LogP contribution in [0.5, 0.6) is 0 Å². The van der Waals surface area contributed by atoms with Crippen LogP contribution in [0.2, 0.25) is 0 Å². The lowest BCUT2D eigenvalue weighted by Gasteiger charge is -2.39. The molecule has 206 valence electrons. The van der Waals surface area contributed by atoms with Crippen molar-refractivity contribution in [3.05, 3.63) is 71.0 Å². The lowest BCUT2D eigenvalue weighted by molar-refractivity contribution is -0.130. The van der Waals surface area contributed by atoms with Crippen LogP contribution in [0.25, 0.3) is 22.2 Å². The zero-order chi connectivity index (χ0) is 27.7.